The van der Waals surface area contributed by atoms with Gasteiger partial charge >= 0.3 is 0 Å². The van der Waals surface area contributed by atoms with Crippen LogP contribution < -0.4 is 13.8 Å². The average Bonchev–Trinajstić information content (AvgIpc) is 2.68. The van der Waals surface area contributed by atoms with Gasteiger partial charge < -0.3 is 14.4 Å². The Morgan fingerprint density at radius 1 is 1.10 bits per heavy atom. The van der Waals surface area contributed by atoms with Crippen molar-refractivity contribution in [3.05, 3.63) is 52.5 Å². The standard InChI is InChI=1S/C21H27ClN2O5S/c1-14-7-9-17(22)12-18(14)24(30(6,26)27)15(2)21(25)23(3)13-16-8-10-19(28-4)20(11-16)29-5/h7-12,15H,13H2,1-6H3/t15-/m1/s1. The first-order valence-electron chi connectivity index (χ1n) is 9.21. The molecule has 9 heteroatoms. The zero-order valence-electron chi connectivity index (χ0n) is 18.0. The third-order valence-electron chi connectivity index (χ3n) is 4.72. The van der Waals surface area contributed by atoms with Crippen molar-refractivity contribution in [2.24, 2.45) is 0 Å². The molecule has 0 aromatic heterocycles. The molecular weight excluding hydrogens is 428 g/mol. The predicted octanol–water partition coefficient (Wildman–Crippen LogP) is 3.48. The minimum absolute atomic E-state index is 0.273. The fraction of sp³-hybridized carbons (Fsp3) is 0.381. The van der Waals surface area contributed by atoms with E-state index < -0.39 is 16.1 Å². The number of likely N-dealkylation sites (N-methyl/N-ethyl adjacent to an activating group) is 1. The van der Waals surface area contributed by atoms with Gasteiger partial charge in [-0.15, -0.1) is 0 Å². The second-order valence-corrected chi connectivity index (χ2v) is 9.35. The van der Waals surface area contributed by atoms with Crippen molar-refractivity contribution in [2.75, 3.05) is 31.8 Å². The smallest absolute Gasteiger partial charge is 0.246 e. The van der Waals surface area contributed by atoms with Crippen LogP contribution >= 0.6 is 11.6 Å². The van der Waals surface area contributed by atoms with Gasteiger partial charge in [-0.05, 0) is 49.2 Å². The molecule has 164 valence electrons. The molecule has 0 bridgehead atoms. The van der Waals surface area contributed by atoms with Gasteiger partial charge in [-0.2, -0.15) is 0 Å². The summed E-state index contributed by atoms with van der Waals surface area (Å²) in [7, 11) is 0.975. The van der Waals surface area contributed by atoms with E-state index >= 15 is 0 Å². The van der Waals surface area contributed by atoms with Crippen LogP contribution in [-0.4, -0.2) is 52.8 Å². The second kappa shape index (κ2) is 9.57. The molecule has 30 heavy (non-hydrogen) atoms. The highest BCUT2D eigenvalue weighted by molar-refractivity contribution is 7.92. The van der Waals surface area contributed by atoms with Crippen molar-refractivity contribution in [1.29, 1.82) is 0 Å². The van der Waals surface area contributed by atoms with E-state index in [1.165, 1.54) is 12.0 Å². The Balaban J connectivity index is 2.32. The number of hydrogen-bond acceptors (Lipinski definition) is 5. The van der Waals surface area contributed by atoms with Crippen LogP contribution in [0, 0.1) is 6.92 Å². The zero-order chi connectivity index (χ0) is 22.6. The Labute approximate surface area is 183 Å². The van der Waals surface area contributed by atoms with Crippen molar-refractivity contribution >= 4 is 33.2 Å². The van der Waals surface area contributed by atoms with Crippen LogP contribution in [-0.2, 0) is 21.4 Å². The number of aryl methyl sites for hydroxylation is 1. The number of carbonyl (C=O) groups is 1. The summed E-state index contributed by atoms with van der Waals surface area (Å²) in [4.78, 5) is 14.6. The molecule has 0 aliphatic carbocycles. The molecule has 0 radical (unpaired) electrons. The fourth-order valence-electron chi connectivity index (χ4n) is 3.24. The first kappa shape index (κ1) is 23.8. The Morgan fingerprint density at radius 2 is 1.73 bits per heavy atom. The number of ether oxygens (including phenoxy) is 2. The maximum Gasteiger partial charge on any atom is 0.246 e. The van der Waals surface area contributed by atoms with Gasteiger partial charge in [-0.1, -0.05) is 23.7 Å². The molecule has 0 saturated carbocycles. The van der Waals surface area contributed by atoms with E-state index in [2.05, 4.69) is 0 Å². The van der Waals surface area contributed by atoms with Gasteiger partial charge in [0.1, 0.15) is 6.04 Å². The first-order valence-corrected chi connectivity index (χ1v) is 11.4. The number of hydrogen-bond donors (Lipinski definition) is 0. The van der Waals surface area contributed by atoms with Crippen LogP contribution in [0.15, 0.2) is 36.4 Å². The molecule has 0 aliphatic rings. The van der Waals surface area contributed by atoms with Crippen LogP contribution in [0.4, 0.5) is 5.69 Å². The lowest BCUT2D eigenvalue weighted by molar-refractivity contribution is -0.131. The van der Waals surface area contributed by atoms with Crippen molar-refractivity contribution in [2.45, 2.75) is 26.4 Å². The van der Waals surface area contributed by atoms with E-state index in [4.69, 9.17) is 21.1 Å². The topological polar surface area (TPSA) is 76.2 Å². The first-order chi connectivity index (χ1) is 14.0. The normalized spacial score (nSPS) is 12.2. The lowest BCUT2D eigenvalue weighted by Gasteiger charge is -2.32. The van der Waals surface area contributed by atoms with Gasteiger partial charge in [0.15, 0.2) is 11.5 Å². The summed E-state index contributed by atoms with van der Waals surface area (Å²) in [5.41, 5.74) is 1.90. The third-order valence-corrected chi connectivity index (χ3v) is 6.18. The average molecular weight is 455 g/mol. The minimum Gasteiger partial charge on any atom is -0.493 e. The fourth-order valence-corrected chi connectivity index (χ4v) is 4.63. The summed E-state index contributed by atoms with van der Waals surface area (Å²) in [5, 5.41) is 0.391. The molecule has 2 rings (SSSR count). The molecule has 0 N–H and O–H groups in total. The van der Waals surface area contributed by atoms with Crippen LogP contribution in [0.25, 0.3) is 0 Å². The van der Waals surface area contributed by atoms with Crippen molar-refractivity contribution < 1.29 is 22.7 Å². The molecule has 0 aliphatic heterocycles. The lowest BCUT2D eigenvalue weighted by atomic mass is 10.1. The number of carbonyl (C=O) groups excluding carboxylic acids is 1. The van der Waals surface area contributed by atoms with Gasteiger partial charge in [0, 0.05) is 18.6 Å². The van der Waals surface area contributed by atoms with E-state index in [1.54, 1.807) is 58.3 Å². The number of rotatable bonds is 8. The number of benzene rings is 2. The number of sulfonamides is 1. The summed E-state index contributed by atoms with van der Waals surface area (Å²) in [5.74, 6) is 0.786. The number of amides is 1. The van der Waals surface area contributed by atoms with E-state index in [-0.39, 0.29) is 12.5 Å². The minimum atomic E-state index is -3.74. The molecule has 0 unspecified atom stereocenters. The quantitative estimate of drug-likeness (QED) is 0.610. The Bertz CT molecular complexity index is 1030. The van der Waals surface area contributed by atoms with Crippen LogP contribution in [0.2, 0.25) is 5.02 Å². The Hall–Kier alpha value is -2.45. The zero-order valence-corrected chi connectivity index (χ0v) is 19.5. The number of nitrogens with zero attached hydrogens (tertiary/aromatic N) is 2. The molecule has 2 aromatic rings. The van der Waals surface area contributed by atoms with Crippen LogP contribution in [0.3, 0.4) is 0 Å². The maximum atomic E-state index is 13.1. The summed E-state index contributed by atoms with van der Waals surface area (Å²) in [6.07, 6.45) is 1.07. The maximum absolute atomic E-state index is 13.1. The number of halogens is 1. The second-order valence-electron chi connectivity index (χ2n) is 7.05. The molecule has 0 fully saturated rings. The summed E-state index contributed by atoms with van der Waals surface area (Å²) in [6, 6.07) is 9.36. The van der Waals surface area contributed by atoms with Crippen molar-refractivity contribution in [3.63, 3.8) is 0 Å². The molecule has 0 spiro atoms. The van der Waals surface area contributed by atoms with Gasteiger partial charge in [0.05, 0.1) is 26.2 Å². The summed E-state index contributed by atoms with van der Waals surface area (Å²) < 4.78 is 36.8. The van der Waals surface area contributed by atoms with Gasteiger partial charge in [0.2, 0.25) is 15.9 Å². The number of anilines is 1. The molecule has 1 amide bonds. The largest absolute Gasteiger partial charge is 0.493 e. The van der Waals surface area contributed by atoms with Gasteiger partial charge in [-0.25, -0.2) is 8.42 Å². The molecular formula is C21H27ClN2O5S. The van der Waals surface area contributed by atoms with Crippen molar-refractivity contribution in [1.82, 2.24) is 4.90 Å². The molecule has 1 atom stereocenters. The Kier molecular flexibility index (Phi) is 7.60. The molecule has 2 aromatic carbocycles. The predicted molar refractivity (Wildman–Crippen MR) is 119 cm³/mol. The molecule has 7 nitrogen and oxygen atoms in total. The SMILES string of the molecule is COc1ccc(CN(C)C(=O)[C@@H](C)N(c2cc(Cl)ccc2C)S(C)(=O)=O)cc1OC. The highest BCUT2D eigenvalue weighted by atomic mass is 35.5. The highest BCUT2D eigenvalue weighted by Gasteiger charge is 2.32. The summed E-state index contributed by atoms with van der Waals surface area (Å²) in [6.45, 7) is 3.61. The third kappa shape index (κ3) is 5.37. The van der Waals surface area contributed by atoms with E-state index in [1.807, 2.05) is 6.07 Å². The highest BCUT2D eigenvalue weighted by Crippen LogP contribution is 2.30. The van der Waals surface area contributed by atoms with Crippen LogP contribution in [0.5, 0.6) is 11.5 Å². The lowest BCUT2D eigenvalue weighted by Crippen LogP contribution is -2.48. The van der Waals surface area contributed by atoms with Crippen LogP contribution in [0.1, 0.15) is 18.1 Å². The van der Waals surface area contributed by atoms with E-state index in [0.717, 1.165) is 16.1 Å². The monoisotopic (exact) mass is 454 g/mol. The van der Waals surface area contributed by atoms with Gasteiger partial charge in [0.25, 0.3) is 0 Å². The number of methoxy groups -OCH3 is 2. The Morgan fingerprint density at radius 3 is 2.30 bits per heavy atom. The van der Waals surface area contributed by atoms with Gasteiger partial charge in [-0.3, -0.25) is 9.10 Å². The van der Waals surface area contributed by atoms with E-state index in [0.29, 0.717) is 27.8 Å². The summed E-state index contributed by atoms with van der Waals surface area (Å²) >= 11 is 6.08. The molecule has 0 heterocycles. The van der Waals surface area contributed by atoms with Crippen molar-refractivity contribution in [3.8, 4) is 11.5 Å². The van der Waals surface area contributed by atoms with E-state index in [9.17, 15) is 13.2 Å². The molecule has 0 saturated heterocycles.